The summed E-state index contributed by atoms with van der Waals surface area (Å²) in [5.41, 5.74) is 1.83. The number of benzene rings is 1. The van der Waals surface area contributed by atoms with Gasteiger partial charge in [-0.25, -0.2) is 9.48 Å². The van der Waals surface area contributed by atoms with E-state index in [0.29, 0.717) is 11.7 Å². The van der Waals surface area contributed by atoms with Gasteiger partial charge in [-0.3, -0.25) is 5.32 Å². The Kier molecular flexibility index (Phi) is 2.95. The van der Waals surface area contributed by atoms with Gasteiger partial charge in [0.15, 0.2) is 0 Å². The molecule has 5 nitrogen and oxygen atoms in total. The van der Waals surface area contributed by atoms with Crippen LogP contribution in [0.15, 0.2) is 36.4 Å². The highest BCUT2D eigenvalue weighted by Crippen LogP contribution is 2.37. The van der Waals surface area contributed by atoms with Gasteiger partial charge in [-0.05, 0) is 25.0 Å². The van der Waals surface area contributed by atoms with E-state index in [9.17, 15) is 4.79 Å². The van der Waals surface area contributed by atoms with E-state index in [-0.39, 0.29) is 0 Å². The molecule has 5 heteroatoms. The van der Waals surface area contributed by atoms with Crippen molar-refractivity contribution in [1.82, 2.24) is 9.78 Å². The monoisotopic (exact) mass is 257 g/mol. The van der Waals surface area contributed by atoms with Gasteiger partial charge in [-0.2, -0.15) is 5.10 Å². The van der Waals surface area contributed by atoms with Crippen LogP contribution in [0.1, 0.15) is 30.9 Å². The van der Waals surface area contributed by atoms with Gasteiger partial charge in [0.25, 0.3) is 0 Å². The van der Waals surface area contributed by atoms with Crippen molar-refractivity contribution < 1.29 is 9.90 Å². The second-order valence-corrected chi connectivity index (χ2v) is 4.76. The number of hydrogen-bond acceptors (Lipinski definition) is 2. The molecule has 1 aliphatic carbocycles. The second-order valence-electron chi connectivity index (χ2n) is 4.76. The summed E-state index contributed by atoms with van der Waals surface area (Å²) in [6.45, 7) is 0. The Morgan fingerprint density at radius 3 is 2.63 bits per heavy atom. The molecule has 19 heavy (non-hydrogen) atoms. The molecule has 0 saturated heterocycles. The average molecular weight is 257 g/mol. The van der Waals surface area contributed by atoms with Crippen LogP contribution in [0.25, 0.3) is 5.69 Å². The molecule has 1 heterocycles. The minimum atomic E-state index is -1.07. The topological polar surface area (TPSA) is 67.2 Å². The molecular weight excluding hydrogens is 242 g/mol. The summed E-state index contributed by atoms with van der Waals surface area (Å²) < 4.78 is 1.65. The van der Waals surface area contributed by atoms with Crippen molar-refractivity contribution in [3.8, 4) is 5.69 Å². The van der Waals surface area contributed by atoms with Crippen molar-refractivity contribution in [1.29, 1.82) is 0 Å². The Hall–Kier alpha value is -2.30. The summed E-state index contributed by atoms with van der Waals surface area (Å²) >= 11 is 0. The van der Waals surface area contributed by atoms with E-state index in [2.05, 4.69) is 10.4 Å². The van der Waals surface area contributed by atoms with Crippen LogP contribution in [-0.4, -0.2) is 21.0 Å². The number of nitrogens with zero attached hydrogens (tertiary/aromatic N) is 2. The molecule has 98 valence electrons. The summed E-state index contributed by atoms with van der Waals surface area (Å²) in [5.74, 6) is 0.972. The number of rotatable bonds is 3. The summed E-state index contributed by atoms with van der Waals surface area (Å²) in [4.78, 5) is 10.9. The molecule has 2 N–H and O–H groups in total. The fourth-order valence-corrected chi connectivity index (χ4v) is 2.27. The first-order valence-corrected chi connectivity index (χ1v) is 6.39. The Bertz CT molecular complexity index is 588. The molecule has 0 spiro atoms. The number of anilines is 1. The normalized spacial score (nSPS) is 14.9. The first kappa shape index (κ1) is 11.8. The molecule has 1 aromatic carbocycles. The van der Waals surface area contributed by atoms with Gasteiger partial charge in [-0.15, -0.1) is 0 Å². The lowest BCUT2D eigenvalue weighted by molar-refractivity contribution is 0.209. The van der Waals surface area contributed by atoms with Gasteiger partial charge >= 0.3 is 6.09 Å². The minimum absolute atomic E-state index is 0.472. The van der Waals surface area contributed by atoms with Crippen LogP contribution in [0.2, 0.25) is 0 Å². The Morgan fingerprint density at radius 1 is 1.32 bits per heavy atom. The maximum Gasteiger partial charge on any atom is 0.410 e. The van der Waals surface area contributed by atoms with Crippen molar-refractivity contribution in [2.75, 3.05) is 5.32 Å². The maximum absolute atomic E-state index is 10.9. The third-order valence-corrected chi connectivity index (χ3v) is 3.49. The third kappa shape index (κ3) is 2.31. The zero-order valence-electron chi connectivity index (χ0n) is 10.4. The Balaban J connectivity index is 2.00. The number of amides is 1. The Labute approximate surface area is 110 Å². The van der Waals surface area contributed by atoms with Gasteiger partial charge in [0.1, 0.15) is 5.82 Å². The van der Waals surface area contributed by atoms with E-state index in [0.717, 1.165) is 24.2 Å². The van der Waals surface area contributed by atoms with Gasteiger partial charge < -0.3 is 5.11 Å². The van der Waals surface area contributed by atoms with Crippen molar-refractivity contribution in [3.63, 3.8) is 0 Å². The van der Waals surface area contributed by atoms with Crippen LogP contribution in [0, 0.1) is 0 Å². The number of hydrogen-bond donors (Lipinski definition) is 2. The SMILES string of the molecule is O=C(O)Nc1cc(C2CCC2)nn1-c1ccccc1. The first-order valence-electron chi connectivity index (χ1n) is 6.39. The second kappa shape index (κ2) is 4.76. The van der Waals surface area contributed by atoms with Crippen LogP contribution in [0.5, 0.6) is 0 Å². The molecule has 1 aromatic heterocycles. The van der Waals surface area contributed by atoms with Gasteiger partial charge in [0.05, 0.1) is 11.4 Å². The van der Waals surface area contributed by atoms with Crippen molar-refractivity contribution >= 4 is 11.9 Å². The molecule has 0 radical (unpaired) electrons. The van der Waals surface area contributed by atoms with E-state index in [1.165, 1.54) is 6.42 Å². The molecule has 0 bridgehead atoms. The van der Waals surface area contributed by atoms with E-state index >= 15 is 0 Å². The summed E-state index contributed by atoms with van der Waals surface area (Å²) in [6.07, 6.45) is 2.43. The van der Waals surface area contributed by atoms with E-state index in [1.807, 2.05) is 36.4 Å². The Morgan fingerprint density at radius 2 is 2.05 bits per heavy atom. The highest BCUT2D eigenvalue weighted by Gasteiger charge is 2.24. The molecular formula is C14H15N3O2. The van der Waals surface area contributed by atoms with Crippen LogP contribution in [-0.2, 0) is 0 Å². The molecule has 1 fully saturated rings. The van der Waals surface area contributed by atoms with Crippen LogP contribution < -0.4 is 5.32 Å². The lowest BCUT2D eigenvalue weighted by atomic mass is 9.83. The lowest BCUT2D eigenvalue weighted by Gasteiger charge is -2.22. The largest absolute Gasteiger partial charge is 0.465 e. The minimum Gasteiger partial charge on any atom is -0.465 e. The standard InChI is InChI=1S/C14H15N3O2/c18-14(19)15-13-9-12(10-5-4-6-10)16-17(13)11-7-2-1-3-8-11/h1-3,7-10,15H,4-6H2,(H,18,19). The first-order chi connectivity index (χ1) is 9.24. The number of nitrogens with one attached hydrogen (secondary N) is 1. The molecule has 3 rings (SSSR count). The zero-order chi connectivity index (χ0) is 13.2. The fraction of sp³-hybridized carbons (Fsp3) is 0.286. The quantitative estimate of drug-likeness (QED) is 0.887. The lowest BCUT2D eigenvalue weighted by Crippen LogP contribution is -2.12. The van der Waals surface area contributed by atoms with Crippen LogP contribution in [0.4, 0.5) is 10.6 Å². The fourth-order valence-electron chi connectivity index (χ4n) is 2.27. The molecule has 1 aliphatic rings. The number of carbonyl (C=O) groups is 1. The van der Waals surface area contributed by atoms with Crippen molar-refractivity contribution in [2.24, 2.45) is 0 Å². The predicted molar refractivity (Wildman–Crippen MR) is 71.8 cm³/mol. The summed E-state index contributed by atoms with van der Waals surface area (Å²) in [7, 11) is 0. The molecule has 0 unspecified atom stereocenters. The van der Waals surface area contributed by atoms with Crippen LogP contribution in [0.3, 0.4) is 0 Å². The van der Waals surface area contributed by atoms with Gasteiger partial charge in [0, 0.05) is 12.0 Å². The average Bonchev–Trinajstić information content (AvgIpc) is 2.70. The molecule has 0 atom stereocenters. The number of carboxylic acid groups (broad SMARTS) is 1. The van der Waals surface area contributed by atoms with E-state index < -0.39 is 6.09 Å². The molecule has 0 aliphatic heterocycles. The van der Waals surface area contributed by atoms with Crippen LogP contribution >= 0.6 is 0 Å². The van der Waals surface area contributed by atoms with E-state index in [4.69, 9.17) is 5.11 Å². The maximum atomic E-state index is 10.9. The molecule has 2 aromatic rings. The molecule has 1 saturated carbocycles. The summed E-state index contributed by atoms with van der Waals surface area (Å²) in [5, 5.41) is 15.9. The van der Waals surface area contributed by atoms with E-state index in [1.54, 1.807) is 4.68 Å². The van der Waals surface area contributed by atoms with Gasteiger partial charge in [0.2, 0.25) is 0 Å². The van der Waals surface area contributed by atoms with Gasteiger partial charge in [-0.1, -0.05) is 24.6 Å². The van der Waals surface area contributed by atoms with Crippen molar-refractivity contribution in [3.05, 3.63) is 42.1 Å². The molecule has 1 amide bonds. The highest BCUT2D eigenvalue weighted by molar-refractivity contribution is 5.82. The number of para-hydroxylation sites is 1. The predicted octanol–water partition coefficient (Wildman–Crippen LogP) is 3.23. The summed E-state index contributed by atoms with van der Waals surface area (Å²) in [6, 6.07) is 11.4. The number of aromatic nitrogens is 2. The van der Waals surface area contributed by atoms with Crippen molar-refractivity contribution in [2.45, 2.75) is 25.2 Å². The highest BCUT2D eigenvalue weighted by atomic mass is 16.4. The zero-order valence-corrected chi connectivity index (χ0v) is 10.4. The smallest absolute Gasteiger partial charge is 0.410 e. The third-order valence-electron chi connectivity index (χ3n) is 3.49.